The molecule has 114 valence electrons. The highest BCUT2D eigenvalue weighted by Crippen LogP contribution is 2.23. The van der Waals surface area contributed by atoms with Crippen molar-refractivity contribution in [2.45, 2.75) is 46.3 Å². The van der Waals surface area contributed by atoms with E-state index in [-0.39, 0.29) is 0 Å². The first-order chi connectivity index (χ1) is 10.1. The van der Waals surface area contributed by atoms with Crippen molar-refractivity contribution < 1.29 is 9.26 Å². The Bertz CT molecular complexity index is 581. The molecular weight excluding hydrogens is 266 g/mol. The van der Waals surface area contributed by atoms with Gasteiger partial charge in [-0.3, -0.25) is 0 Å². The van der Waals surface area contributed by atoms with Crippen LogP contribution in [-0.2, 0) is 13.0 Å². The minimum Gasteiger partial charge on any atom is -0.485 e. The molecule has 21 heavy (non-hydrogen) atoms. The molecule has 5 nitrogen and oxygen atoms in total. The third kappa shape index (κ3) is 4.04. The number of aryl methyl sites for hydroxylation is 2. The molecule has 5 heteroatoms. The van der Waals surface area contributed by atoms with Crippen LogP contribution in [0.5, 0.6) is 5.75 Å². The van der Waals surface area contributed by atoms with E-state index in [1.807, 2.05) is 20.0 Å². The van der Waals surface area contributed by atoms with E-state index in [9.17, 15) is 0 Å². The number of nitrogens with zero attached hydrogens (tertiary/aromatic N) is 2. The van der Waals surface area contributed by atoms with E-state index in [1.165, 1.54) is 5.56 Å². The summed E-state index contributed by atoms with van der Waals surface area (Å²) in [5, 5.41) is 7.14. The van der Waals surface area contributed by atoms with Crippen LogP contribution in [-0.4, -0.2) is 17.2 Å². The highest BCUT2D eigenvalue weighted by Gasteiger charge is 2.09. The van der Waals surface area contributed by atoms with Crippen molar-refractivity contribution in [2.75, 3.05) is 7.05 Å². The van der Waals surface area contributed by atoms with E-state index in [2.05, 4.69) is 41.4 Å². The van der Waals surface area contributed by atoms with Crippen molar-refractivity contribution in [3.05, 3.63) is 41.0 Å². The van der Waals surface area contributed by atoms with Crippen molar-refractivity contribution in [2.24, 2.45) is 0 Å². The SMILES string of the molecule is CCCc1nc(COc2ccc(C(C)NC)cc2C)no1. The smallest absolute Gasteiger partial charge is 0.226 e. The molecule has 1 N–H and O–H groups in total. The second-order valence-corrected chi connectivity index (χ2v) is 5.18. The Labute approximate surface area is 125 Å². The van der Waals surface area contributed by atoms with Crippen molar-refractivity contribution in [3.63, 3.8) is 0 Å². The van der Waals surface area contributed by atoms with Gasteiger partial charge in [-0.05, 0) is 44.5 Å². The number of nitrogens with one attached hydrogen (secondary N) is 1. The Hall–Kier alpha value is -1.88. The van der Waals surface area contributed by atoms with Crippen molar-refractivity contribution in [1.29, 1.82) is 0 Å². The summed E-state index contributed by atoms with van der Waals surface area (Å²) in [5.74, 6) is 2.11. The Balaban J connectivity index is 1.99. The lowest BCUT2D eigenvalue weighted by atomic mass is 10.1. The van der Waals surface area contributed by atoms with E-state index in [0.717, 1.165) is 24.2 Å². The number of aromatic nitrogens is 2. The predicted molar refractivity (Wildman–Crippen MR) is 81.3 cm³/mol. The Morgan fingerprint density at radius 1 is 1.38 bits per heavy atom. The van der Waals surface area contributed by atoms with E-state index in [0.29, 0.717) is 24.4 Å². The second kappa shape index (κ2) is 7.22. The lowest BCUT2D eigenvalue weighted by Gasteiger charge is -2.13. The third-order valence-corrected chi connectivity index (χ3v) is 3.46. The number of rotatable bonds is 7. The van der Waals surface area contributed by atoms with Gasteiger partial charge in [-0.1, -0.05) is 24.2 Å². The number of hydrogen-bond donors (Lipinski definition) is 1. The lowest BCUT2D eigenvalue weighted by Crippen LogP contribution is -2.12. The summed E-state index contributed by atoms with van der Waals surface area (Å²) in [5.41, 5.74) is 2.35. The molecule has 0 saturated heterocycles. The van der Waals surface area contributed by atoms with Gasteiger partial charge >= 0.3 is 0 Å². The molecule has 0 spiro atoms. The van der Waals surface area contributed by atoms with Gasteiger partial charge in [0.15, 0.2) is 6.61 Å². The molecular formula is C16H23N3O2. The number of ether oxygens (including phenoxy) is 1. The predicted octanol–water partition coefficient (Wildman–Crippen LogP) is 3.19. The van der Waals surface area contributed by atoms with Crippen LogP contribution in [0.4, 0.5) is 0 Å². The molecule has 1 heterocycles. The molecule has 0 amide bonds. The van der Waals surface area contributed by atoms with Gasteiger partial charge in [0.1, 0.15) is 5.75 Å². The Morgan fingerprint density at radius 3 is 2.86 bits per heavy atom. The molecule has 0 aliphatic rings. The summed E-state index contributed by atoms with van der Waals surface area (Å²) in [6.07, 6.45) is 1.80. The highest BCUT2D eigenvalue weighted by molar-refractivity contribution is 5.37. The summed E-state index contributed by atoms with van der Waals surface area (Å²) in [6, 6.07) is 6.52. The second-order valence-electron chi connectivity index (χ2n) is 5.18. The van der Waals surface area contributed by atoms with Crippen LogP contribution in [0.15, 0.2) is 22.7 Å². The van der Waals surface area contributed by atoms with E-state index in [1.54, 1.807) is 0 Å². The van der Waals surface area contributed by atoms with Crippen LogP contribution in [0.3, 0.4) is 0 Å². The van der Waals surface area contributed by atoms with Crippen LogP contribution >= 0.6 is 0 Å². The van der Waals surface area contributed by atoms with Gasteiger partial charge in [-0.2, -0.15) is 4.98 Å². The molecule has 0 aliphatic carbocycles. The average Bonchev–Trinajstić information content (AvgIpc) is 2.93. The van der Waals surface area contributed by atoms with Gasteiger partial charge in [-0.15, -0.1) is 0 Å². The molecule has 1 atom stereocenters. The zero-order chi connectivity index (χ0) is 15.2. The van der Waals surface area contributed by atoms with Gasteiger partial charge in [-0.25, -0.2) is 0 Å². The fourth-order valence-corrected chi connectivity index (χ4v) is 2.08. The van der Waals surface area contributed by atoms with E-state index < -0.39 is 0 Å². The summed E-state index contributed by atoms with van der Waals surface area (Å²) >= 11 is 0. The number of hydrogen-bond acceptors (Lipinski definition) is 5. The molecule has 0 fully saturated rings. The summed E-state index contributed by atoms with van der Waals surface area (Å²) in [4.78, 5) is 4.29. The lowest BCUT2D eigenvalue weighted by molar-refractivity contribution is 0.283. The normalized spacial score (nSPS) is 12.4. The fourth-order valence-electron chi connectivity index (χ4n) is 2.08. The standard InChI is InChI=1S/C16H23N3O2/c1-5-6-16-18-15(19-21-16)10-20-14-8-7-13(9-11(14)2)12(3)17-4/h7-9,12,17H,5-6,10H2,1-4H3. The Morgan fingerprint density at radius 2 is 2.19 bits per heavy atom. The Kier molecular flexibility index (Phi) is 5.33. The minimum atomic E-state index is 0.326. The van der Waals surface area contributed by atoms with Gasteiger partial charge < -0.3 is 14.6 Å². The van der Waals surface area contributed by atoms with Gasteiger partial charge in [0.25, 0.3) is 0 Å². The van der Waals surface area contributed by atoms with E-state index >= 15 is 0 Å². The molecule has 1 aromatic carbocycles. The molecule has 0 bridgehead atoms. The van der Waals surface area contributed by atoms with Crippen molar-refractivity contribution in [3.8, 4) is 5.75 Å². The molecule has 0 saturated carbocycles. The summed E-state index contributed by atoms with van der Waals surface area (Å²) < 4.78 is 10.9. The van der Waals surface area contributed by atoms with Crippen LogP contribution in [0.1, 0.15) is 49.2 Å². The van der Waals surface area contributed by atoms with Crippen molar-refractivity contribution in [1.82, 2.24) is 15.5 Å². The summed E-state index contributed by atoms with van der Waals surface area (Å²) in [7, 11) is 1.95. The minimum absolute atomic E-state index is 0.326. The maximum atomic E-state index is 5.78. The zero-order valence-electron chi connectivity index (χ0n) is 13.1. The van der Waals surface area contributed by atoms with E-state index in [4.69, 9.17) is 9.26 Å². The topological polar surface area (TPSA) is 60.2 Å². The van der Waals surface area contributed by atoms with Crippen LogP contribution in [0, 0.1) is 6.92 Å². The molecule has 1 aromatic heterocycles. The average molecular weight is 289 g/mol. The quantitative estimate of drug-likeness (QED) is 0.848. The number of benzene rings is 1. The molecule has 0 radical (unpaired) electrons. The summed E-state index contributed by atoms with van der Waals surface area (Å²) in [6.45, 7) is 6.58. The van der Waals surface area contributed by atoms with Gasteiger partial charge in [0.05, 0.1) is 0 Å². The molecule has 0 aliphatic heterocycles. The molecule has 2 rings (SSSR count). The van der Waals surface area contributed by atoms with Crippen LogP contribution in [0.25, 0.3) is 0 Å². The zero-order valence-corrected chi connectivity index (χ0v) is 13.1. The first kappa shape index (κ1) is 15.5. The van der Waals surface area contributed by atoms with Gasteiger partial charge in [0.2, 0.25) is 11.7 Å². The monoisotopic (exact) mass is 289 g/mol. The molecule has 1 unspecified atom stereocenters. The molecule has 2 aromatic rings. The largest absolute Gasteiger partial charge is 0.485 e. The maximum absolute atomic E-state index is 5.78. The third-order valence-electron chi connectivity index (χ3n) is 3.46. The van der Waals surface area contributed by atoms with Crippen LogP contribution in [0.2, 0.25) is 0 Å². The first-order valence-corrected chi connectivity index (χ1v) is 7.36. The van der Waals surface area contributed by atoms with Crippen molar-refractivity contribution >= 4 is 0 Å². The first-order valence-electron chi connectivity index (χ1n) is 7.36. The maximum Gasteiger partial charge on any atom is 0.226 e. The van der Waals surface area contributed by atoms with Crippen LogP contribution < -0.4 is 10.1 Å². The van der Waals surface area contributed by atoms with Gasteiger partial charge in [0, 0.05) is 12.5 Å². The highest BCUT2D eigenvalue weighted by atomic mass is 16.5. The fraction of sp³-hybridized carbons (Fsp3) is 0.500.